The number of hydrogen-bond donors (Lipinski definition) is 3. The van der Waals surface area contributed by atoms with E-state index in [0.29, 0.717) is 6.61 Å². The third-order valence-electron chi connectivity index (χ3n) is 2.30. The van der Waals surface area contributed by atoms with E-state index in [0.717, 1.165) is 63.5 Å². The standard InChI is InChI=1S/C8H18O2.C5H12O2.C3H7Br/c1-2-7-10-8-5-3-4-6-9;6-4-2-1-3-5-7;1-2-3-4/h9H,2-8H2,1H3;6-7H,1-5H2;2-3H2,1H3. The van der Waals surface area contributed by atoms with Crippen molar-refractivity contribution in [1.29, 1.82) is 0 Å². The van der Waals surface area contributed by atoms with Gasteiger partial charge in [0.2, 0.25) is 0 Å². The molecule has 5 heteroatoms. The monoisotopic (exact) mass is 372 g/mol. The first-order valence-electron chi connectivity index (χ1n) is 8.21. The summed E-state index contributed by atoms with van der Waals surface area (Å²) in [4.78, 5) is 0. The molecule has 0 aliphatic rings. The summed E-state index contributed by atoms with van der Waals surface area (Å²) in [6, 6.07) is 0. The van der Waals surface area contributed by atoms with Gasteiger partial charge in [0, 0.05) is 38.4 Å². The Labute approximate surface area is 140 Å². The Balaban J connectivity index is -0.000000256. The molecule has 132 valence electrons. The SMILES string of the molecule is CCCBr.CCCOCCCCCO.OCCCCCO. The molecule has 0 aromatic rings. The average molecular weight is 373 g/mol. The minimum atomic E-state index is 0.250. The maximum atomic E-state index is 8.43. The Morgan fingerprint density at radius 1 is 0.667 bits per heavy atom. The quantitative estimate of drug-likeness (QED) is 0.362. The van der Waals surface area contributed by atoms with Crippen LogP contribution in [0.2, 0.25) is 0 Å². The first-order chi connectivity index (χ1) is 10.2. The summed E-state index contributed by atoms with van der Waals surface area (Å²) in [5, 5.41) is 26.0. The third kappa shape index (κ3) is 44.9. The number of aliphatic hydroxyl groups excluding tert-OH is 3. The molecule has 0 rings (SSSR count). The highest BCUT2D eigenvalue weighted by molar-refractivity contribution is 9.09. The predicted octanol–water partition coefficient (Wildman–Crippen LogP) is 3.51. The van der Waals surface area contributed by atoms with Gasteiger partial charge in [-0.3, -0.25) is 0 Å². The molecular formula is C16H37BrO4. The first-order valence-corrected chi connectivity index (χ1v) is 9.33. The predicted molar refractivity (Wildman–Crippen MR) is 94.2 cm³/mol. The van der Waals surface area contributed by atoms with Crippen molar-refractivity contribution in [2.45, 2.75) is 65.2 Å². The van der Waals surface area contributed by atoms with E-state index >= 15 is 0 Å². The topological polar surface area (TPSA) is 69.9 Å². The van der Waals surface area contributed by atoms with Crippen molar-refractivity contribution < 1.29 is 20.1 Å². The normalized spacial score (nSPS) is 9.43. The molecule has 0 amide bonds. The van der Waals surface area contributed by atoms with Crippen LogP contribution < -0.4 is 0 Å². The van der Waals surface area contributed by atoms with Crippen LogP contribution in [0.3, 0.4) is 0 Å². The molecule has 0 radical (unpaired) electrons. The maximum absolute atomic E-state index is 8.43. The van der Waals surface area contributed by atoms with Crippen LogP contribution in [0.1, 0.15) is 65.2 Å². The number of aliphatic hydroxyl groups is 3. The molecule has 0 aromatic carbocycles. The molecule has 0 heterocycles. The van der Waals surface area contributed by atoms with Gasteiger partial charge >= 0.3 is 0 Å². The molecule has 0 fully saturated rings. The number of unbranched alkanes of at least 4 members (excludes halogenated alkanes) is 4. The van der Waals surface area contributed by atoms with Crippen LogP contribution in [-0.2, 0) is 4.74 Å². The molecule has 0 spiro atoms. The number of ether oxygens (including phenoxy) is 1. The molecule has 0 bridgehead atoms. The third-order valence-corrected chi connectivity index (χ3v) is 3.09. The Bertz CT molecular complexity index is 123. The lowest BCUT2D eigenvalue weighted by Crippen LogP contribution is -1.95. The zero-order valence-corrected chi connectivity index (χ0v) is 15.6. The van der Waals surface area contributed by atoms with Crippen LogP contribution in [0, 0.1) is 0 Å². The fourth-order valence-corrected chi connectivity index (χ4v) is 1.14. The van der Waals surface area contributed by atoms with E-state index in [2.05, 4.69) is 29.8 Å². The van der Waals surface area contributed by atoms with E-state index in [4.69, 9.17) is 20.1 Å². The molecule has 0 aliphatic heterocycles. The number of alkyl halides is 1. The van der Waals surface area contributed by atoms with Gasteiger partial charge in [0.05, 0.1) is 0 Å². The van der Waals surface area contributed by atoms with Crippen LogP contribution in [-0.4, -0.2) is 53.7 Å². The lowest BCUT2D eigenvalue weighted by atomic mass is 10.2. The second-order valence-corrected chi connectivity index (χ2v) is 5.39. The lowest BCUT2D eigenvalue weighted by Gasteiger charge is -2.00. The zero-order chi connectivity index (χ0) is 16.6. The van der Waals surface area contributed by atoms with Crippen molar-refractivity contribution in [1.82, 2.24) is 0 Å². The van der Waals surface area contributed by atoms with Crippen LogP contribution in [0.4, 0.5) is 0 Å². The number of rotatable bonds is 12. The van der Waals surface area contributed by atoms with Crippen molar-refractivity contribution in [3.63, 3.8) is 0 Å². The Morgan fingerprint density at radius 2 is 1.10 bits per heavy atom. The molecular weight excluding hydrogens is 336 g/mol. The van der Waals surface area contributed by atoms with E-state index in [1.54, 1.807) is 0 Å². The summed E-state index contributed by atoms with van der Waals surface area (Å²) in [5.74, 6) is 0. The number of halogens is 1. The van der Waals surface area contributed by atoms with Crippen LogP contribution in [0.25, 0.3) is 0 Å². The van der Waals surface area contributed by atoms with Crippen molar-refractivity contribution in [3.8, 4) is 0 Å². The Hall–Kier alpha value is 0.320. The molecule has 0 atom stereocenters. The van der Waals surface area contributed by atoms with Gasteiger partial charge in [-0.1, -0.05) is 29.8 Å². The van der Waals surface area contributed by atoms with Gasteiger partial charge in [-0.2, -0.15) is 0 Å². The largest absolute Gasteiger partial charge is 0.396 e. The zero-order valence-electron chi connectivity index (χ0n) is 14.0. The Kier molecular flexibility index (Phi) is 40.4. The maximum Gasteiger partial charge on any atom is 0.0466 e. The molecule has 0 unspecified atom stereocenters. The molecule has 4 nitrogen and oxygen atoms in total. The second-order valence-electron chi connectivity index (χ2n) is 4.59. The van der Waals surface area contributed by atoms with E-state index in [-0.39, 0.29) is 13.2 Å². The Morgan fingerprint density at radius 3 is 1.43 bits per heavy atom. The summed E-state index contributed by atoms with van der Waals surface area (Å²) < 4.78 is 5.25. The van der Waals surface area contributed by atoms with Crippen molar-refractivity contribution >= 4 is 15.9 Å². The molecule has 0 aliphatic carbocycles. The number of hydrogen-bond acceptors (Lipinski definition) is 4. The van der Waals surface area contributed by atoms with Gasteiger partial charge < -0.3 is 20.1 Å². The van der Waals surface area contributed by atoms with Crippen molar-refractivity contribution in [2.24, 2.45) is 0 Å². The van der Waals surface area contributed by atoms with Crippen LogP contribution in [0.15, 0.2) is 0 Å². The molecule has 0 saturated heterocycles. The van der Waals surface area contributed by atoms with Crippen LogP contribution in [0.5, 0.6) is 0 Å². The van der Waals surface area contributed by atoms with Crippen molar-refractivity contribution in [2.75, 3.05) is 38.4 Å². The van der Waals surface area contributed by atoms with Crippen molar-refractivity contribution in [3.05, 3.63) is 0 Å². The van der Waals surface area contributed by atoms with E-state index < -0.39 is 0 Å². The van der Waals surface area contributed by atoms with E-state index in [1.165, 1.54) is 6.42 Å². The van der Waals surface area contributed by atoms with Gasteiger partial charge in [0.15, 0.2) is 0 Å². The minimum absolute atomic E-state index is 0.250. The van der Waals surface area contributed by atoms with E-state index in [1.807, 2.05) is 0 Å². The van der Waals surface area contributed by atoms with Gasteiger partial charge in [0.25, 0.3) is 0 Å². The smallest absolute Gasteiger partial charge is 0.0466 e. The van der Waals surface area contributed by atoms with Gasteiger partial charge in [0.1, 0.15) is 0 Å². The van der Waals surface area contributed by atoms with Gasteiger partial charge in [-0.15, -0.1) is 0 Å². The molecule has 0 aromatic heterocycles. The minimum Gasteiger partial charge on any atom is -0.396 e. The van der Waals surface area contributed by atoms with Gasteiger partial charge in [-0.05, 0) is 51.4 Å². The summed E-state index contributed by atoms with van der Waals surface area (Å²) in [7, 11) is 0. The summed E-state index contributed by atoms with van der Waals surface area (Å²) in [6.07, 6.45) is 7.99. The van der Waals surface area contributed by atoms with Gasteiger partial charge in [-0.25, -0.2) is 0 Å². The summed E-state index contributed by atoms with van der Waals surface area (Å²) in [5.41, 5.74) is 0. The molecule has 3 N–H and O–H groups in total. The van der Waals surface area contributed by atoms with Crippen LogP contribution >= 0.6 is 15.9 Å². The fourth-order valence-electron chi connectivity index (χ4n) is 1.14. The second kappa shape index (κ2) is 32.3. The highest BCUT2D eigenvalue weighted by atomic mass is 79.9. The molecule has 21 heavy (non-hydrogen) atoms. The van der Waals surface area contributed by atoms with E-state index in [9.17, 15) is 0 Å². The lowest BCUT2D eigenvalue weighted by molar-refractivity contribution is 0.129. The summed E-state index contributed by atoms with van der Waals surface area (Å²) in [6.45, 7) is 6.78. The highest BCUT2D eigenvalue weighted by Crippen LogP contribution is 1.94. The fraction of sp³-hybridized carbons (Fsp3) is 1.00. The summed E-state index contributed by atoms with van der Waals surface area (Å²) >= 11 is 3.25. The highest BCUT2D eigenvalue weighted by Gasteiger charge is 1.87. The molecule has 0 saturated carbocycles. The first kappa shape index (κ1) is 26.2. The average Bonchev–Trinajstić information content (AvgIpc) is 2.52.